The summed E-state index contributed by atoms with van der Waals surface area (Å²) in [4.78, 5) is 27.6. The molecule has 1 unspecified atom stereocenters. The van der Waals surface area contributed by atoms with E-state index in [-0.39, 0.29) is 23.2 Å². The third kappa shape index (κ3) is 3.07. The summed E-state index contributed by atoms with van der Waals surface area (Å²) in [7, 11) is 1.89. The fraction of sp³-hybridized carbons (Fsp3) is 0.278. The average Bonchev–Trinajstić information content (AvgIpc) is 3.32. The van der Waals surface area contributed by atoms with Crippen molar-refractivity contribution in [2.45, 2.75) is 25.3 Å². The predicted octanol–water partition coefficient (Wildman–Crippen LogP) is 2.32. The number of hydrogen-bond donors (Lipinski definition) is 1. The van der Waals surface area contributed by atoms with Gasteiger partial charge in [0.25, 0.3) is 11.6 Å². The Morgan fingerprint density at radius 2 is 2.26 bits per heavy atom. The SMILES string of the molecule is Cn1ncc2c1CCCC2NC(=O)c1ccc(-n2ccnc2)c([N+](=O)[O-])c1. The summed E-state index contributed by atoms with van der Waals surface area (Å²) < 4.78 is 3.38. The van der Waals surface area contributed by atoms with Crippen LogP contribution in [0.15, 0.2) is 43.1 Å². The summed E-state index contributed by atoms with van der Waals surface area (Å²) in [6.45, 7) is 0. The van der Waals surface area contributed by atoms with Crippen LogP contribution in [0.3, 0.4) is 0 Å². The molecule has 1 amide bonds. The fourth-order valence-electron chi connectivity index (χ4n) is 3.53. The van der Waals surface area contributed by atoms with Crippen molar-refractivity contribution in [3.63, 3.8) is 0 Å². The van der Waals surface area contributed by atoms with Gasteiger partial charge in [0, 0.05) is 42.3 Å². The first-order valence-electron chi connectivity index (χ1n) is 8.63. The second-order valence-corrected chi connectivity index (χ2v) is 6.52. The topological polar surface area (TPSA) is 108 Å². The van der Waals surface area contributed by atoms with Crippen molar-refractivity contribution in [1.82, 2.24) is 24.6 Å². The largest absolute Gasteiger partial charge is 0.345 e. The molecule has 0 aliphatic heterocycles. The number of rotatable bonds is 4. The molecule has 1 atom stereocenters. The highest BCUT2D eigenvalue weighted by Gasteiger charge is 2.26. The van der Waals surface area contributed by atoms with E-state index in [1.54, 1.807) is 35.3 Å². The first kappa shape index (κ1) is 17.0. The highest BCUT2D eigenvalue weighted by molar-refractivity contribution is 5.95. The Kier molecular flexibility index (Phi) is 4.19. The summed E-state index contributed by atoms with van der Waals surface area (Å²) in [5, 5.41) is 18.7. The lowest BCUT2D eigenvalue weighted by Crippen LogP contribution is -2.31. The van der Waals surface area contributed by atoms with Crippen molar-refractivity contribution in [1.29, 1.82) is 0 Å². The van der Waals surface area contributed by atoms with Gasteiger partial charge < -0.3 is 9.88 Å². The molecule has 9 heteroatoms. The smallest absolute Gasteiger partial charge is 0.294 e. The standard InChI is InChI=1S/C18H18N6O3/c1-22-15-4-2-3-14(13(15)10-20-22)21-18(25)12-5-6-16(17(9-12)24(26)27)23-8-7-19-11-23/h5-11,14H,2-4H2,1H3,(H,21,25). The molecule has 138 valence electrons. The van der Waals surface area contributed by atoms with E-state index in [1.807, 2.05) is 11.7 Å². The summed E-state index contributed by atoms with van der Waals surface area (Å²) >= 11 is 0. The second kappa shape index (κ2) is 6.67. The van der Waals surface area contributed by atoms with Crippen LogP contribution >= 0.6 is 0 Å². The number of fused-ring (bicyclic) bond motifs is 1. The van der Waals surface area contributed by atoms with Crippen LogP contribution in [0.25, 0.3) is 5.69 Å². The van der Waals surface area contributed by atoms with Gasteiger partial charge in [-0.25, -0.2) is 4.98 Å². The van der Waals surface area contributed by atoms with Gasteiger partial charge >= 0.3 is 0 Å². The number of aromatic nitrogens is 4. The van der Waals surface area contributed by atoms with Crippen molar-refractivity contribution >= 4 is 11.6 Å². The average molecular weight is 366 g/mol. The third-order valence-corrected chi connectivity index (χ3v) is 4.90. The Labute approximate surface area is 154 Å². The van der Waals surface area contributed by atoms with Gasteiger partial charge in [0.2, 0.25) is 0 Å². The molecule has 2 aromatic heterocycles. The molecule has 1 N–H and O–H groups in total. The number of carbonyl (C=O) groups is 1. The quantitative estimate of drug-likeness (QED) is 0.563. The molecule has 1 aliphatic carbocycles. The molecule has 2 heterocycles. The molecule has 4 rings (SSSR count). The molecule has 0 saturated heterocycles. The van der Waals surface area contributed by atoms with Crippen LogP contribution < -0.4 is 5.32 Å². The lowest BCUT2D eigenvalue weighted by atomic mass is 9.92. The van der Waals surface area contributed by atoms with Gasteiger partial charge in [0.05, 0.1) is 23.5 Å². The fourth-order valence-corrected chi connectivity index (χ4v) is 3.53. The zero-order valence-electron chi connectivity index (χ0n) is 14.7. The molecular weight excluding hydrogens is 348 g/mol. The summed E-state index contributed by atoms with van der Waals surface area (Å²) in [5.41, 5.74) is 2.60. The predicted molar refractivity (Wildman–Crippen MR) is 96.6 cm³/mol. The van der Waals surface area contributed by atoms with E-state index < -0.39 is 4.92 Å². The Balaban J connectivity index is 1.61. The molecule has 0 saturated carbocycles. The minimum atomic E-state index is -0.494. The molecule has 1 aromatic carbocycles. The molecule has 1 aliphatic rings. The Morgan fingerprint density at radius 3 is 3.00 bits per heavy atom. The maximum absolute atomic E-state index is 12.7. The van der Waals surface area contributed by atoms with Crippen LogP contribution in [0.5, 0.6) is 0 Å². The number of nitrogens with one attached hydrogen (secondary N) is 1. The Bertz CT molecular complexity index is 1010. The maximum Gasteiger partial charge on any atom is 0.294 e. The lowest BCUT2D eigenvalue weighted by Gasteiger charge is -2.23. The van der Waals surface area contributed by atoms with Gasteiger partial charge in [-0.15, -0.1) is 0 Å². The number of aryl methyl sites for hydroxylation is 1. The van der Waals surface area contributed by atoms with Gasteiger partial charge in [0.15, 0.2) is 0 Å². The normalized spacial score (nSPS) is 16.0. The van der Waals surface area contributed by atoms with Crippen LogP contribution in [-0.2, 0) is 13.5 Å². The zero-order chi connectivity index (χ0) is 19.0. The van der Waals surface area contributed by atoms with Crippen molar-refractivity contribution in [2.75, 3.05) is 0 Å². The number of hydrogen-bond acceptors (Lipinski definition) is 5. The van der Waals surface area contributed by atoms with Crippen molar-refractivity contribution < 1.29 is 9.72 Å². The van der Waals surface area contributed by atoms with Crippen molar-refractivity contribution in [3.8, 4) is 5.69 Å². The van der Waals surface area contributed by atoms with E-state index in [9.17, 15) is 14.9 Å². The summed E-state index contributed by atoms with van der Waals surface area (Å²) in [5.74, 6) is -0.336. The van der Waals surface area contributed by atoms with E-state index in [4.69, 9.17) is 0 Å². The molecule has 3 aromatic rings. The first-order chi connectivity index (χ1) is 13.0. The molecule has 0 bridgehead atoms. The Morgan fingerprint density at radius 1 is 1.41 bits per heavy atom. The second-order valence-electron chi connectivity index (χ2n) is 6.52. The van der Waals surface area contributed by atoms with E-state index >= 15 is 0 Å². The summed E-state index contributed by atoms with van der Waals surface area (Å²) in [6.07, 6.45) is 9.13. The van der Waals surface area contributed by atoms with Gasteiger partial charge in [-0.2, -0.15) is 5.10 Å². The van der Waals surface area contributed by atoms with E-state index in [1.165, 1.54) is 12.4 Å². The summed E-state index contributed by atoms with van der Waals surface area (Å²) in [6, 6.07) is 4.32. The molecule has 0 radical (unpaired) electrons. The molecule has 0 spiro atoms. The van der Waals surface area contributed by atoms with Crippen LogP contribution in [-0.4, -0.2) is 30.2 Å². The third-order valence-electron chi connectivity index (χ3n) is 4.90. The zero-order valence-corrected chi connectivity index (χ0v) is 14.7. The highest BCUT2D eigenvalue weighted by atomic mass is 16.6. The molecule has 9 nitrogen and oxygen atoms in total. The Hall–Kier alpha value is -3.49. The van der Waals surface area contributed by atoms with Crippen molar-refractivity contribution in [2.24, 2.45) is 7.05 Å². The van der Waals surface area contributed by atoms with Crippen LogP contribution in [0.1, 0.15) is 40.5 Å². The van der Waals surface area contributed by atoms with Crippen LogP contribution in [0, 0.1) is 10.1 Å². The number of nitrogens with zero attached hydrogens (tertiary/aromatic N) is 5. The van der Waals surface area contributed by atoms with Crippen molar-refractivity contribution in [3.05, 3.63) is 70.1 Å². The minimum Gasteiger partial charge on any atom is -0.345 e. The number of amides is 1. The number of benzene rings is 1. The van der Waals surface area contributed by atoms with Gasteiger partial charge in [-0.3, -0.25) is 19.6 Å². The van der Waals surface area contributed by atoms with Gasteiger partial charge in [-0.05, 0) is 31.4 Å². The van der Waals surface area contributed by atoms with Gasteiger partial charge in [-0.1, -0.05) is 0 Å². The molecular formula is C18H18N6O3. The van der Waals surface area contributed by atoms with Crippen LogP contribution in [0.4, 0.5) is 5.69 Å². The first-order valence-corrected chi connectivity index (χ1v) is 8.63. The molecule has 27 heavy (non-hydrogen) atoms. The number of imidazole rings is 1. The van der Waals surface area contributed by atoms with E-state index in [0.29, 0.717) is 5.69 Å². The number of nitro groups is 1. The van der Waals surface area contributed by atoms with Crippen LogP contribution in [0.2, 0.25) is 0 Å². The maximum atomic E-state index is 12.7. The lowest BCUT2D eigenvalue weighted by molar-refractivity contribution is -0.384. The van der Waals surface area contributed by atoms with E-state index in [0.717, 1.165) is 30.5 Å². The number of carbonyl (C=O) groups excluding carboxylic acids is 1. The monoisotopic (exact) mass is 366 g/mol. The minimum absolute atomic E-state index is 0.137. The highest BCUT2D eigenvalue weighted by Crippen LogP contribution is 2.30. The van der Waals surface area contributed by atoms with E-state index in [2.05, 4.69) is 15.4 Å². The number of nitro benzene ring substituents is 1. The molecule has 0 fully saturated rings. The van der Waals surface area contributed by atoms with Gasteiger partial charge in [0.1, 0.15) is 5.69 Å².